The third-order valence-electron chi connectivity index (χ3n) is 6.52. The zero-order valence-electron chi connectivity index (χ0n) is 23.5. The second-order valence-electron chi connectivity index (χ2n) is 10.6. The fourth-order valence-electron chi connectivity index (χ4n) is 4.28. The van der Waals surface area contributed by atoms with Crippen molar-refractivity contribution in [3.05, 3.63) is 46.5 Å². The summed E-state index contributed by atoms with van der Waals surface area (Å²) in [5, 5.41) is 20.8. The van der Waals surface area contributed by atoms with Gasteiger partial charge in [-0.2, -0.15) is 0 Å². The number of nitrogens with zero attached hydrogens (tertiary/aromatic N) is 2. The highest BCUT2D eigenvalue weighted by atomic mass is 16.5. The summed E-state index contributed by atoms with van der Waals surface area (Å²) in [6, 6.07) is 7.23. The number of methoxy groups -OCH3 is 2. The number of phenolic OH excluding ortho intramolecular Hbond substituents is 2. The van der Waals surface area contributed by atoms with E-state index in [1.807, 2.05) is 50.1 Å². The van der Waals surface area contributed by atoms with Gasteiger partial charge in [0, 0.05) is 37.1 Å². The van der Waals surface area contributed by atoms with Crippen LogP contribution in [-0.4, -0.2) is 74.0 Å². The van der Waals surface area contributed by atoms with Gasteiger partial charge in [0.2, 0.25) is 0 Å². The Kier molecular flexibility index (Phi) is 10.5. The van der Waals surface area contributed by atoms with E-state index in [4.69, 9.17) is 9.47 Å². The second-order valence-corrected chi connectivity index (χ2v) is 10.6. The van der Waals surface area contributed by atoms with E-state index in [1.165, 1.54) is 14.2 Å². The SMILES string of the molecule is COc1cc(CCC(=O)C(C)(C)C(=O)CCc2cc(CN(C)C)c(O)c(OC)c2)cc(CN(C)C)c1O. The van der Waals surface area contributed by atoms with E-state index in [1.54, 1.807) is 26.0 Å². The van der Waals surface area contributed by atoms with Crippen molar-refractivity contribution in [3.8, 4) is 23.0 Å². The summed E-state index contributed by atoms with van der Waals surface area (Å²) in [6.45, 7) is 4.43. The van der Waals surface area contributed by atoms with E-state index in [2.05, 4.69) is 0 Å². The van der Waals surface area contributed by atoms with Crippen LogP contribution >= 0.6 is 0 Å². The molecule has 0 spiro atoms. The number of carbonyl (C=O) groups is 2. The third-order valence-corrected chi connectivity index (χ3v) is 6.52. The number of ketones is 2. The fourth-order valence-corrected chi connectivity index (χ4v) is 4.28. The van der Waals surface area contributed by atoms with Crippen LogP contribution in [-0.2, 0) is 35.5 Å². The van der Waals surface area contributed by atoms with E-state index < -0.39 is 5.41 Å². The zero-order chi connectivity index (χ0) is 27.9. The monoisotopic (exact) mass is 514 g/mol. The number of hydrogen-bond donors (Lipinski definition) is 2. The van der Waals surface area contributed by atoms with Crippen molar-refractivity contribution in [3.63, 3.8) is 0 Å². The number of hydrogen-bond acceptors (Lipinski definition) is 8. The lowest BCUT2D eigenvalue weighted by Gasteiger charge is -2.22. The molecule has 8 nitrogen and oxygen atoms in total. The predicted octanol–water partition coefficient (Wildman–Crippen LogP) is 3.97. The maximum atomic E-state index is 13.1. The molecule has 0 heterocycles. The Balaban J connectivity index is 2.10. The molecule has 0 unspecified atom stereocenters. The summed E-state index contributed by atoms with van der Waals surface area (Å²) in [5.74, 6) is 0.679. The Labute approximate surface area is 220 Å². The number of benzene rings is 2. The van der Waals surface area contributed by atoms with Crippen molar-refractivity contribution >= 4 is 11.6 Å². The van der Waals surface area contributed by atoms with Crippen LogP contribution in [0.15, 0.2) is 24.3 Å². The number of ether oxygens (including phenoxy) is 2. The largest absolute Gasteiger partial charge is 0.504 e. The van der Waals surface area contributed by atoms with Crippen LogP contribution in [0.4, 0.5) is 0 Å². The summed E-state index contributed by atoms with van der Waals surface area (Å²) in [7, 11) is 10.6. The smallest absolute Gasteiger partial charge is 0.162 e. The Bertz CT molecular complexity index is 1020. The lowest BCUT2D eigenvalue weighted by molar-refractivity contribution is -0.138. The number of aromatic hydroxyl groups is 2. The van der Waals surface area contributed by atoms with Gasteiger partial charge in [-0.15, -0.1) is 0 Å². The summed E-state index contributed by atoms with van der Waals surface area (Å²) in [6.07, 6.45) is 1.29. The molecule has 204 valence electrons. The molecule has 0 fully saturated rings. The third kappa shape index (κ3) is 7.94. The van der Waals surface area contributed by atoms with Crippen molar-refractivity contribution in [2.75, 3.05) is 42.4 Å². The zero-order valence-corrected chi connectivity index (χ0v) is 23.5. The van der Waals surface area contributed by atoms with Crippen molar-refractivity contribution in [2.24, 2.45) is 5.41 Å². The Hall–Kier alpha value is -3.10. The van der Waals surface area contributed by atoms with Gasteiger partial charge in [-0.1, -0.05) is 12.1 Å². The summed E-state index contributed by atoms with van der Waals surface area (Å²) in [5.41, 5.74) is 2.06. The van der Waals surface area contributed by atoms with Crippen LogP contribution in [0.5, 0.6) is 23.0 Å². The molecule has 8 heteroatoms. The van der Waals surface area contributed by atoms with Crippen LogP contribution in [0.25, 0.3) is 0 Å². The van der Waals surface area contributed by atoms with E-state index in [0.29, 0.717) is 37.4 Å². The Morgan fingerprint density at radius 1 is 0.730 bits per heavy atom. The van der Waals surface area contributed by atoms with Gasteiger partial charge in [0.25, 0.3) is 0 Å². The fraction of sp³-hybridized carbons (Fsp3) is 0.517. The minimum atomic E-state index is -1.12. The molecule has 0 aliphatic rings. The first-order valence-electron chi connectivity index (χ1n) is 12.4. The van der Waals surface area contributed by atoms with Crippen LogP contribution in [0, 0.1) is 5.41 Å². The molecule has 2 N–H and O–H groups in total. The Morgan fingerprint density at radius 2 is 1.08 bits per heavy atom. The van der Waals surface area contributed by atoms with Gasteiger partial charge < -0.3 is 29.5 Å². The van der Waals surface area contributed by atoms with E-state index >= 15 is 0 Å². The highest BCUT2D eigenvalue weighted by Crippen LogP contribution is 2.34. The van der Waals surface area contributed by atoms with Crippen molar-refractivity contribution in [2.45, 2.75) is 52.6 Å². The van der Waals surface area contributed by atoms with Gasteiger partial charge in [-0.3, -0.25) is 9.59 Å². The molecule has 0 radical (unpaired) electrons. The first-order chi connectivity index (χ1) is 17.3. The molecule has 0 aromatic heterocycles. The number of aryl methyl sites for hydroxylation is 2. The van der Waals surface area contributed by atoms with Gasteiger partial charge in [0.15, 0.2) is 23.0 Å². The van der Waals surface area contributed by atoms with Gasteiger partial charge in [0.05, 0.1) is 19.6 Å². The first kappa shape index (κ1) is 30.1. The van der Waals surface area contributed by atoms with Gasteiger partial charge in [0.1, 0.15) is 11.6 Å². The van der Waals surface area contributed by atoms with Gasteiger partial charge >= 0.3 is 0 Å². The molecule has 0 amide bonds. The molecule has 0 atom stereocenters. The van der Waals surface area contributed by atoms with E-state index in [-0.39, 0.29) is 35.9 Å². The van der Waals surface area contributed by atoms with Gasteiger partial charge in [-0.05, 0) is 78.1 Å². The molecule has 0 saturated heterocycles. The maximum absolute atomic E-state index is 13.1. The van der Waals surface area contributed by atoms with Crippen LogP contribution in [0.3, 0.4) is 0 Å². The number of carbonyl (C=O) groups excluding carboxylic acids is 2. The van der Waals surface area contributed by atoms with Crippen LogP contribution in [0.1, 0.15) is 48.9 Å². The van der Waals surface area contributed by atoms with E-state index in [0.717, 1.165) is 22.3 Å². The second kappa shape index (κ2) is 12.9. The molecule has 2 rings (SSSR count). The first-order valence-corrected chi connectivity index (χ1v) is 12.4. The molecule has 2 aromatic rings. The molecule has 0 aliphatic heterocycles. The van der Waals surface area contributed by atoms with Crippen LogP contribution in [0.2, 0.25) is 0 Å². The molecule has 0 aliphatic carbocycles. The van der Waals surface area contributed by atoms with Gasteiger partial charge in [-0.25, -0.2) is 0 Å². The molecular weight excluding hydrogens is 472 g/mol. The van der Waals surface area contributed by atoms with Crippen LogP contribution < -0.4 is 9.47 Å². The minimum absolute atomic E-state index is 0.0985. The Morgan fingerprint density at radius 3 is 1.38 bits per heavy atom. The molecule has 0 saturated carbocycles. The van der Waals surface area contributed by atoms with Crippen molar-refractivity contribution < 1.29 is 29.3 Å². The molecule has 37 heavy (non-hydrogen) atoms. The van der Waals surface area contributed by atoms with E-state index in [9.17, 15) is 19.8 Å². The average molecular weight is 515 g/mol. The maximum Gasteiger partial charge on any atom is 0.162 e. The normalized spacial score (nSPS) is 11.7. The molecular formula is C29H42N2O6. The number of Topliss-reactive ketones (excluding diaryl/α,β-unsaturated/α-hetero) is 2. The average Bonchev–Trinajstić information content (AvgIpc) is 2.83. The van der Waals surface area contributed by atoms with Crippen molar-refractivity contribution in [1.29, 1.82) is 0 Å². The molecule has 2 aromatic carbocycles. The predicted molar refractivity (Wildman–Crippen MR) is 145 cm³/mol. The highest BCUT2D eigenvalue weighted by Gasteiger charge is 2.34. The topological polar surface area (TPSA) is 99.5 Å². The lowest BCUT2D eigenvalue weighted by Crippen LogP contribution is -2.34. The summed E-state index contributed by atoms with van der Waals surface area (Å²) in [4.78, 5) is 30.1. The van der Waals surface area contributed by atoms with Crippen molar-refractivity contribution in [1.82, 2.24) is 9.80 Å². The minimum Gasteiger partial charge on any atom is -0.504 e. The number of rotatable bonds is 14. The highest BCUT2D eigenvalue weighted by molar-refractivity contribution is 6.06. The summed E-state index contributed by atoms with van der Waals surface area (Å²) < 4.78 is 10.6. The standard InChI is InChI=1S/C29H42N2O6/c1-29(2,25(32)11-9-19-13-21(17-30(3)4)27(34)23(15-19)36-7)26(33)12-10-20-14-22(18-31(5)6)28(35)24(16-20)37-8/h13-16,34-35H,9-12,17-18H2,1-8H3. The number of phenols is 2. The summed E-state index contributed by atoms with van der Waals surface area (Å²) >= 11 is 0. The lowest BCUT2D eigenvalue weighted by atomic mass is 9.79. The quantitative estimate of drug-likeness (QED) is 0.366. The molecule has 0 bridgehead atoms.